The fourth-order valence-electron chi connectivity index (χ4n) is 1.41. The molecule has 1 rings (SSSR count). The molecular weight excluding hydrogens is 160 g/mol. The minimum absolute atomic E-state index is 0.687. The summed E-state index contributed by atoms with van der Waals surface area (Å²) in [6.45, 7) is 0. The van der Waals surface area contributed by atoms with E-state index >= 15 is 0 Å². The van der Waals surface area contributed by atoms with Gasteiger partial charge in [0.25, 0.3) is 0 Å². The fourth-order valence-corrected chi connectivity index (χ4v) is 42.4. The van der Waals surface area contributed by atoms with Crippen molar-refractivity contribution in [1.29, 1.82) is 0 Å². The average Bonchev–Trinajstić information content (AvgIpc) is 1.62. The first-order chi connectivity index (χ1) is 4.00. The normalized spacial score (nSPS) is 36.0. The topological polar surface area (TPSA) is 0 Å². The maximum atomic E-state index is 1.76. The summed E-state index contributed by atoms with van der Waals surface area (Å²) in [5, 5.41) is 0. The number of hydrogen-bond donors (Lipinski definition) is 0. The zero-order chi connectivity index (χ0) is 5.66. The summed E-state index contributed by atoms with van der Waals surface area (Å²) in [6, 6.07) is 3.52. The van der Waals surface area contributed by atoms with Gasteiger partial charge in [0.2, 0.25) is 0 Å². The Bertz CT molecular complexity index is 32.0. The molecule has 0 spiro atoms. The Morgan fingerprint density at radius 3 is 1.75 bits per heavy atom. The highest BCUT2D eigenvalue weighted by molar-refractivity contribution is 7.44. The molecule has 0 amide bonds. The predicted molar refractivity (Wildman–Crippen MR) is 53.0 cm³/mol. The predicted octanol–water partition coefficient (Wildman–Crippen LogP) is -1.96. The van der Waals surface area contributed by atoms with Gasteiger partial charge in [0.1, 0.15) is 0 Å². The molecule has 0 unspecified atom stereocenters. The molecule has 1 aliphatic rings. The molecule has 1 heterocycles. The molecule has 48 valence electrons. The van der Waals surface area contributed by atoms with Crippen molar-refractivity contribution in [2.24, 2.45) is 0 Å². The van der Waals surface area contributed by atoms with Gasteiger partial charge in [-0.15, -0.1) is 0 Å². The van der Waals surface area contributed by atoms with E-state index in [1.165, 1.54) is 0 Å². The lowest BCUT2D eigenvalue weighted by Crippen LogP contribution is -2.20. The third kappa shape index (κ3) is 3.01. The van der Waals surface area contributed by atoms with Gasteiger partial charge in [0.05, 0.1) is 0 Å². The number of rotatable bonds is 0. The summed E-state index contributed by atoms with van der Waals surface area (Å²) in [7, 11) is 2.96. The van der Waals surface area contributed by atoms with Crippen molar-refractivity contribution in [1.82, 2.24) is 0 Å². The molecule has 1 saturated heterocycles. The Morgan fingerprint density at radius 2 is 1.25 bits per heavy atom. The first-order valence-electron chi connectivity index (χ1n) is 4.00. The van der Waals surface area contributed by atoms with E-state index in [0.29, 0.717) is 18.1 Å². The van der Waals surface area contributed by atoms with Crippen molar-refractivity contribution in [3.05, 3.63) is 0 Å². The molecule has 0 nitrogen and oxygen atoms in total. The average molecular weight is 177 g/mol. The van der Waals surface area contributed by atoms with Crippen LogP contribution in [-0.2, 0) is 0 Å². The third-order valence-corrected chi connectivity index (χ3v) is 40.0. The van der Waals surface area contributed by atoms with E-state index in [1.54, 1.807) is 24.9 Å². The maximum absolute atomic E-state index is 1.76. The van der Waals surface area contributed by atoms with E-state index in [1.807, 2.05) is 0 Å². The molecule has 0 aromatic carbocycles. The van der Waals surface area contributed by atoms with Crippen molar-refractivity contribution < 1.29 is 0 Å². The van der Waals surface area contributed by atoms with Gasteiger partial charge in [0.15, 0.2) is 0 Å². The smallest absolute Gasteiger partial charge is 0.00465 e. The van der Waals surface area contributed by atoms with Gasteiger partial charge in [0, 0.05) is 18.1 Å². The monoisotopic (exact) mass is 176 g/mol. The van der Waals surface area contributed by atoms with Crippen molar-refractivity contribution in [3.8, 4) is 0 Å². The SMILES string of the molecule is C1CC[SiH2][SiH2][SiH2][SiH2]C1. The zero-order valence-corrected chi connectivity index (χ0v) is 11.3. The molecule has 0 N–H and O–H groups in total. The quantitative estimate of drug-likeness (QED) is 0.376. The summed E-state index contributed by atoms with van der Waals surface area (Å²) in [6.07, 6.45) is 3.31. The standard InChI is InChI=1S/C4H16Si4/c1-2-4-6-8-7-5-3-1/h1-8H2. The van der Waals surface area contributed by atoms with Gasteiger partial charge in [-0.2, -0.15) is 0 Å². The van der Waals surface area contributed by atoms with Crippen LogP contribution in [0.1, 0.15) is 12.8 Å². The zero-order valence-electron chi connectivity index (χ0n) is 5.66. The van der Waals surface area contributed by atoms with Crippen molar-refractivity contribution >= 4 is 35.2 Å². The first kappa shape index (κ1) is 6.98. The van der Waals surface area contributed by atoms with Gasteiger partial charge in [-0.3, -0.25) is 0 Å². The van der Waals surface area contributed by atoms with E-state index in [0.717, 1.165) is 17.1 Å². The van der Waals surface area contributed by atoms with Gasteiger partial charge >= 0.3 is 0 Å². The highest BCUT2D eigenvalue weighted by Crippen LogP contribution is 2.00. The molecule has 1 aliphatic heterocycles. The van der Waals surface area contributed by atoms with Gasteiger partial charge < -0.3 is 0 Å². The molecular formula is C4H16Si4. The van der Waals surface area contributed by atoms with Gasteiger partial charge in [-0.25, -0.2) is 0 Å². The molecule has 0 bridgehead atoms. The van der Waals surface area contributed by atoms with Crippen molar-refractivity contribution in [2.45, 2.75) is 24.9 Å². The third-order valence-electron chi connectivity index (χ3n) is 2.00. The minimum atomic E-state index is 0.687. The molecule has 1 fully saturated rings. The van der Waals surface area contributed by atoms with Gasteiger partial charge in [-0.1, -0.05) is 24.9 Å². The molecule has 4 heteroatoms. The van der Waals surface area contributed by atoms with Crippen LogP contribution < -0.4 is 0 Å². The molecule has 0 saturated carbocycles. The minimum Gasteiger partial charge on any atom is -0.0655 e. The van der Waals surface area contributed by atoms with E-state index in [4.69, 9.17) is 0 Å². The molecule has 0 aromatic rings. The summed E-state index contributed by atoms with van der Waals surface area (Å²) in [5.74, 6) is 0. The highest BCUT2D eigenvalue weighted by Gasteiger charge is 1.98. The summed E-state index contributed by atoms with van der Waals surface area (Å²) < 4.78 is 0. The van der Waals surface area contributed by atoms with Crippen molar-refractivity contribution in [3.63, 3.8) is 0 Å². The molecule has 0 radical (unpaired) electrons. The van der Waals surface area contributed by atoms with Crippen LogP contribution >= 0.6 is 0 Å². The lowest BCUT2D eigenvalue weighted by molar-refractivity contribution is 0.878. The van der Waals surface area contributed by atoms with Crippen LogP contribution in [0.15, 0.2) is 0 Å². The Labute approximate surface area is 60.5 Å². The van der Waals surface area contributed by atoms with E-state index in [2.05, 4.69) is 0 Å². The van der Waals surface area contributed by atoms with Crippen LogP contribution in [0, 0.1) is 0 Å². The molecule has 0 aliphatic carbocycles. The van der Waals surface area contributed by atoms with Crippen LogP contribution in [0.5, 0.6) is 0 Å². The Kier molecular flexibility index (Phi) is 4.12. The van der Waals surface area contributed by atoms with Gasteiger partial charge in [-0.05, 0) is 17.1 Å². The van der Waals surface area contributed by atoms with Crippen LogP contribution in [0.2, 0.25) is 12.1 Å². The Balaban J connectivity index is 2.00. The Hall–Kier alpha value is 0.868. The molecule has 0 atom stereocenters. The summed E-state index contributed by atoms with van der Waals surface area (Å²) in [5.41, 5.74) is 0. The van der Waals surface area contributed by atoms with Crippen LogP contribution in [0.25, 0.3) is 0 Å². The lowest BCUT2D eigenvalue weighted by Gasteiger charge is -2.03. The second-order valence-corrected chi connectivity index (χ2v) is 28.3. The summed E-state index contributed by atoms with van der Waals surface area (Å²) in [4.78, 5) is 0. The van der Waals surface area contributed by atoms with Crippen LogP contribution in [0.4, 0.5) is 0 Å². The fraction of sp³-hybridized carbons (Fsp3) is 1.00. The van der Waals surface area contributed by atoms with Crippen LogP contribution in [-0.4, -0.2) is 35.2 Å². The summed E-state index contributed by atoms with van der Waals surface area (Å²) >= 11 is 0. The lowest BCUT2D eigenvalue weighted by atomic mass is 10.4. The molecule has 8 heavy (non-hydrogen) atoms. The van der Waals surface area contributed by atoms with E-state index < -0.39 is 0 Å². The van der Waals surface area contributed by atoms with E-state index in [9.17, 15) is 0 Å². The second-order valence-electron chi connectivity index (χ2n) is 2.83. The number of hydrogen-bond acceptors (Lipinski definition) is 0. The Morgan fingerprint density at radius 1 is 0.750 bits per heavy atom. The first-order valence-corrected chi connectivity index (χ1v) is 18.0. The highest BCUT2D eigenvalue weighted by atomic mass is 29.7. The largest absolute Gasteiger partial charge is 0.0655 e. The van der Waals surface area contributed by atoms with Crippen molar-refractivity contribution in [2.75, 3.05) is 0 Å². The molecule has 0 aromatic heterocycles. The van der Waals surface area contributed by atoms with E-state index in [-0.39, 0.29) is 0 Å². The maximum Gasteiger partial charge on any atom is 0.00465 e. The van der Waals surface area contributed by atoms with Crippen LogP contribution in [0.3, 0.4) is 0 Å². The second kappa shape index (κ2) is 4.72.